The average molecular weight is 429 g/mol. The van der Waals surface area contributed by atoms with E-state index in [9.17, 15) is 31.4 Å². The van der Waals surface area contributed by atoms with Gasteiger partial charge in [-0.3, -0.25) is 4.98 Å². The highest BCUT2D eigenvalue weighted by Gasteiger charge is 2.36. The molecule has 0 saturated heterocycles. The third kappa shape index (κ3) is 5.01. The number of rotatable bonds is 5. The number of ether oxygens (including phenoxy) is 2. The minimum absolute atomic E-state index is 0.160. The van der Waals surface area contributed by atoms with Crippen LogP contribution in [0.1, 0.15) is 16.7 Å². The first kappa shape index (κ1) is 21.4. The van der Waals surface area contributed by atoms with Crippen LogP contribution in [-0.2, 0) is 5.60 Å². The number of benzene rings is 2. The van der Waals surface area contributed by atoms with Crippen LogP contribution in [-0.4, -0.2) is 22.8 Å². The summed E-state index contributed by atoms with van der Waals surface area (Å²) in [4.78, 5) is 3.85. The lowest BCUT2D eigenvalue weighted by atomic mass is 9.81. The van der Waals surface area contributed by atoms with Gasteiger partial charge in [-0.1, -0.05) is 24.3 Å². The molecular weight excluding hydrogens is 416 g/mol. The molecule has 0 aliphatic rings. The zero-order valence-electron chi connectivity index (χ0n) is 14.9. The summed E-state index contributed by atoms with van der Waals surface area (Å²) in [6.07, 6.45) is -6.97. The fourth-order valence-electron chi connectivity index (χ4n) is 2.89. The number of aromatic nitrogens is 1. The second-order valence-electron chi connectivity index (χ2n) is 6.09. The van der Waals surface area contributed by atoms with Crippen molar-refractivity contribution in [2.24, 2.45) is 0 Å². The molecule has 0 radical (unpaired) electrons. The first-order valence-electron chi connectivity index (χ1n) is 8.33. The van der Waals surface area contributed by atoms with Gasteiger partial charge in [0.25, 0.3) is 0 Å². The third-order valence-electron chi connectivity index (χ3n) is 4.11. The molecule has 0 amide bonds. The molecule has 0 aliphatic carbocycles. The van der Waals surface area contributed by atoms with Gasteiger partial charge in [0.05, 0.1) is 0 Å². The van der Waals surface area contributed by atoms with Crippen molar-refractivity contribution in [1.29, 1.82) is 0 Å². The van der Waals surface area contributed by atoms with Crippen molar-refractivity contribution in [2.75, 3.05) is 0 Å². The van der Waals surface area contributed by atoms with E-state index in [1.54, 1.807) is 0 Å². The minimum atomic E-state index is -4.88. The Morgan fingerprint density at radius 2 is 0.900 bits per heavy atom. The van der Waals surface area contributed by atoms with E-state index >= 15 is 0 Å². The summed E-state index contributed by atoms with van der Waals surface area (Å²) in [6.45, 7) is 0. The van der Waals surface area contributed by atoms with Crippen LogP contribution >= 0.6 is 0 Å². The van der Waals surface area contributed by atoms with E-state index < -0.39 is 29.8 Å². The second kappa shape index (κ2) is 7.86. The molecule has 0 unspecified atom stereocenters. The van der Waals surface area contributed by atoms with Crippen molar-refractivity contribution in [1.82, 2.24) is 4.98 Å². The number of hydrogen-bond donors (Lipinski definition) is 1. The lowest BCUT2D eigenvalue weighted by Gasteiger charge is -2.30. The van der Waals surface area contributed by atoms with Gasteiger partial charge in [-0.15, -0.1) is 26.3 Å². The van der Waals surface area contributed by atoms with Crippen molar-refractivity contribution in [3.8, 4) is 11.5 Å². The van der Waals surface area contributed by atoms with Gasteiger partial charge in [0, 0.05) is 12.4 Å². The number of halogens is 6. The number of pyridine rings is 1. The third-order valence-corrected chi connectivity index (χ3v) is 4.11. The van der Waals surface area contributed by atoms with Crippen molar-refractivity contribution >= 4 is 0 Å². The van der Waals surface area contributed by atoms with Crippen LogP contribution in [0.4, 0.5) is 26.3 Å². The standard InChI is InChI=1S/C20H13F6NO3/c21-19(22,23)29-16-5-1-13(2-6-16)18(28,15-9-11-27-12-10-15)14-3-7-17(8-4-14)30-20(24,25)26/h1-12,28H. The summed E-state index contributed by atoms with van der Waals surface area (Å²) in [7, 11) is 0. The highest BCUT2D eigenvalue weighted by Crippen LogP contribution is 2.38. The zero-order chi connectivity index (χ0) is 22.0. The maximum Gasteiger partial charge on any atom is 0.573 e. The highest BCUT2D eigenvalue weighted by molar-refractivity contribution is 5.48. The van der Waals surface area contributed by atoms with Crippen molar-refractivity contribution < 1.29 is 40.9 Å². The Bertz CT molecular complexity index is 911. The number of hydrogen-bond acceptors (Lipinski definition) is 4. The van der Waals surface area contributed by atoms with Gasteiger partial charge in [0.2, 0.25) is 0 Å². The molecule has 1 N–H and O–H groups in total. The topological polar surface area (TPSA) is 51.6 Å². The predicted molar refractivity (Wildman–Crippen MR) is 92.6 cm³/mol. The molecule has 1 heterocycles. The summed E-state index contributed by atoms with van der Waals surface area (Å²) < 4.78 is 82.0. The van der Waals surface area contributed by atoms with E-state index in [0.717, 1.165) is 24.3 Å². The van der Waals surface area contributed by atoms with E-state index in [0.29, 0.717) is 5.56 Å². The van der Waals surface area contributed by atoms with E-state index in [1.807, 2.05) is 0 Å². The summed E-state index contributed by atoms with van der Waals surface area (Å²) in [6, 6.07) is 11.9. The fraction of sp³-hybridized carbons (Fsp3) is 0.150. The molecule has 3 aromatic rings. The lowest BCUT2D eigenvalue weighted by molar-refractivity contribution is -0.275. The Balaban J connectivity index is 2.03. The molecule has 1 aromatic heterocycles. The Labute approximate surface area is 166 Å². The second-order valence-corrected chi connectivity index (χ2v) is 6.09. The maximum atomic E-state index is 12.4. The largest absolute Gasteiger partial charge is 0.573 e. The van der Waals surface area contributed by atoms with Gasteiger partial charge in [0.1, 0.15) is 17.1 Å². The van der Waals surface area contributed by atoms with Gasteiger partial charge in [-0.2, -0.15) is 0 Å². The first-order chi connectivity index (χ1) is 14.0. The first-order valence-corrected chi connectivity index (χ1v) is 8.33. The van der Waals surface area contributed by atoms with Gasteiger partial charge in [-0.25, -0.2) is 0 Å². The zero-order valence-corrected chi connectivity index (χ0v) is 14.9. The van der Waals surface area contributed by atoms with Crippen LogP contribution in [0.25, 0.3) is 0 Å². The molecule has 3 rings (SSSR count). The van der Waals surface area contributed by atoms with Gasteiger partial charge >= 0.3 is 12.7 Å². The number of alkyl halides is 6. The van der Waals surface area contributed by atoms with Gasteiger partial charge in [0.15, 0.2) is 0 Å². The van der Waals surface area contributed by atoms with Gasteiger partial charge in [-0.05, 0) is 53.1 Å². The SMILES string of the molecule is OC(c1ccncc1)(c1ccc(OC(F)(F)F)cc1)c1ccc(OC(F)(F)F)cc1. The van der Waals surface area contributed by atoms with E-state index in [2.05, 4.69) is 14.5 Å². The van der Waals surface area contributed by atoms with Crippen LogP contribution in [0.15, 0.2) is 73.1 Å². The molecular formula is C20H13F6NO3. The Hall–Kier alpha value is -3.27. The monoisotopic (exact) mass is 429 g/mol. The smallest absolute Gasteiger partial charge is 0.406 e. The summed E-state index contributed by atoms with van der Waals surface area (Å²) in [5, 5.41) is 11.5. The molecule has 4 nitrogen and oxygen atoms in total. The molecule has 0 bridgehead atoms. The number of aliphatic hydroxyl groups is 1. The highest BCUT2D eigenvalue weighted by atomic mass is 19.4. The summed E-state index contributed by atoms with van der Waals surface area (Å²) in [5.74, 6) is -0.977. The van der Waals surface area contributed by atoms with Crippen LogP contribution in [0, 0.1) is 0 Å². The molecule has 30 heavy (non-hydrogen) atoms. The van der Waals surface area contributed by atoms with Crippen molar-refractivity contribution in [3.63, 3.8) is 0 Å². The molecule has 158 valence electrons. The molecule has 0 aliphatic heterocycles. The maximum absolute atomic E-state index is 12.4. The molecule has 2 aromatic carbocycles. The number of nitrogens with zero attached hydrogens (tertiary/aromatic N) is 1. The van der Waals surface area contributed by atoms with E-state index in [4.69, 9.17) is 0 Å². The molecule has 0 spiro atoms. The quantitative estimate of drug-likeness (QED) is 0.569. The lowest BCUT2D eigenvalue weighted by Crippen LogP contribution is -2.29. The van der Waals surface area contributed by atoms with Crippen LogP contribution in [0.2, 0.25) is 0 Å². The van der Waals surface area contributed by atoms with Crippen molar-refractivity contribution in [2.45, 2.75) is 18.3 Å². The Kier molecular flexibility index (Phi) is 5.62. The molecule has 0 atom stereocenters. The molecule has 0 fully saturated rings. The van der Waals surface area contributed by atoms with Crippen LogP contribution in [0.5, 0.6) is 11.5 Å². The van der Waals surface area contributed by atoms with E-state index in [-0.39, 0.29) is 11.1 Å². The molecule has 10 heteroatoms. The van der Waals surface area contributed by atoms with Crippen LogP contribution < -0.4 is 9.47 Å². The van der Waals surface area contributed by atoms with Gasteiger partial charge < -0.3 is 14.6 Å². The summed E-state index contributed by atoms with van der Waals surface area (Å²) in [5.41, 5.74) is -1.27. The Morgan fingerprint density at radius 3 is 1.23 bits per heavy atom. The summed E-state index contributed by atoms with van der Waals surface area (Å²) >= 11 is 0. The molecule has 0 saturated carbocycles. The normalized spacial score (nSPS) is 12.5. The average Bonchev–Trinajstić information content (AvgIpc) is 2.67. The fourth-order valence-corrected chi connectivity index (χ4v) is 2.89. The van der Waals surface area contributed by atoms with E-state index in [1.165, 1.54) is 48.8 Å². The minimum Gasteiger partial charge on any atom is -0.406 e. The van der Waals surface area contributed by atoms with Crippen LogP contribution in [0.3, 0.4) is 0 Å². The Morgan fingerprint density at radius 1 is 0.567 bits per heavy atom. The van der Waals surface area contributed by atoms with Crippen molar-refractivity contribution in [3.05, 3.63) is 89.7 Å². The predicted octanol–water partition coefficient (Wildman–Crippen LogP) is 5.16.